The Bertz CT molecular complexity index is 1630. The molecule has 0 saturated heterocycles. The van der Waals surface area contributed by atoms with Crippen molar-refractivity contribution >= 4 is 0 Å². The van der Waals surface area contributed by atoms with Crippen LogP contribution in [0.5, 0.6) is 28.7 Å². The number of phenols is 2. The third-order valence-electron chi connectivity index (χ3n) is 8.92. The Morgan fingerprint density at radius 2 is 1.93 bits per heavy atom. The molecule has 4 atom stereocenters. The number of phenolic OH excluding ortho intramolecular Hbond substituents is 2. The zero-order valence-electron chi connectivity index (χ0n) is 23.4. The summed E-state index contributed by atoms with van der Waals surface area (Å²) >= 11 is 0. The van der Waals surface area contributed by atoms with Crippen LogP contribution in [0.3, 0.4) is 0 Å². The maximum atomic E-state index is 11.5. The molecule has 0 spiro atoms. The second-order valence-corrected chi connectivity index (χ2v) is 11.4. The first kappa shape index (κ1) is 26.7. The summed E-state index contributed by atoms with van der Waals surface area (Å²) in [6.45, 7) is 0.664. The van der Waals surface area contributed by atoms with E-state index >= 15 is 0 Å². The third-order valence-corrected chi connectivity index (χ3v) is 8.92. The summed E-state index contributed by atoms with van der Waals surface area (Å²) in [5, 5.41) is 42.2. The van der Waals surface area contributed by atoms with E-state index in [9.17, 15) is 20.4 Å². The summed E-state index contributed by atoms with van der Waals surface area (Å²) in [6, 6.07) is 10.5. The molecule has 1 aromatic heterocycles. The van der Waals surface area contributed by atoms with E-state index in [0.717, 1.165) is 58.5 Å². The van der Waals surface area contributed by atoms with Gasteiger partial charge in [-0.05, 0) is 78.1 Å². The maximum Gasteiger partial charge on any atom is 0.160 e. The molecule has 0 unspecified atom stereocenters. The molecular formula is C33H34N2O7. The zero-order valence-corrected chi connectivity index (χ0v) is 23.4. The number of ether oxygens (including phenoxy) is 3. The fourth-order valence-corrected chi connectivity index (χ4v) is 6.92. The molecule has 9 nitrogen and oxygen atoms in total. The first-order chi connectivity index (χ1) is 20.4. The van der Waals surface area contributed by atoms with Crippen LogP contribution in [0.1, 0.15) is 52.7 Å². The van der Waals surface area contributed by atoms with E-state index < -0.39 is 12.2 Å². The first-order valence-electron chi connectivity index (χ1n) is 14.4. The smallest absolute Gasteiger partial charge is 0.160 e. The normalized spacial score (nSPS) is 22.2. The van der Waals surface area contributed by atoms with E-state index in [1.807, 2.05) is 24.7 Å². The molecule has 3 heterocycles. The predicted octanol–water partition coefficient (Wildman–Crippen LogP) is 4.42. The van der Waals surface area contributed by atoms with Crippen molar-refractivity contribution in [3.63, 3.8) is 0 Å². The van der Waals surface area contributed by atoms with Crippen LogP contribution in [0, 0.1) is 0 Å². The van der Waals surface area contributed by atoms with Gasteiger partial charge in [0.1, 0.15) is 29.5 Å². The Balaban J connectivity index is 1.41. The lowest BCUT2D eigenvalue weighted by atomic mass is 9.71. The molecule has 9 heteroatoms. The number of aliphatic hydroxyl groups is 2. The van der Waals surface area contributed by atoms with Crippen molar-refractivity contribution in [3.05, 3.63) is 82.9 Å². The average Bonchev–Trinajstić information content (AvgIpc) is 3.53. The monoisotopic (exact) mass is 570 g/mol. The average molecular weight is 571 g/mol. The van der Waals surface area contributed by atoms with Crippen LogP contribution in [-0.4, -0.2) is 55.9 Å². The standard InChI is InChI=1S/C33H34N2O7/c1-40-28-14-19(2-7-26(28)38)31-27(39)15-25-29-18(8-10-35-11-9-34-17-35)12-20-13-21(37)3-5-23(20)30(29)33-24(32(25)42-31)6-4-22(16-36)41-33/h2-3,5,7,9,11,13-14,17-18,22,27,31,36-39H,4,6,8,10,12,15-16H2,1H3/t18-,22+,27+,31+/m0/s1. The maximum absolute atomic E-state index is 11.5. The lowest BCUT2D eigenvalue weighted by molar-refractivity contribution is 0.0179. The van der Waals surface area contributed by atoms with Crippen LogP contribution >= 0.6 is 0 Å². The van der Waals surface area contributed by atoms with Gasteiger partial charge in [-0.2, -0.15) is 0 Å². The molecule has 0 fully saturated rings. The van der Waals surface area contributed by atoms with Crippen molar-refractivity contribution in [1.29, 1.82) is 0 Å². The molecule has 0 bridgehead atoms. The molecule has 7 rings (SSSR count). The fraction of sp³-hybridized carbons (Fsp3) is 0.364. The third kappa shape index (κ3) is 4.44. The summed E-state index contributed by atoms with van der Waals surface area (Å²) in [7, 11) is 1.49. The van der Waals surface area contributed by atoms with Crippen molar-refractivity contribution in [1.82, 2.24) is 9.55 Å². The quantitative estimate of drug-likeness (QED) is 0.268. The van der Waals surface area contributed by atoms with Crippen molar-refractivity contribution in [3.8, 4) is 39.9 Å². The minimum atomic E-state index is -0.834. The molecule has 218 valence electrons. The highest BCUT2D eigenvalue weighted by Gasteiger charge is 2.42. The highest BCUT2D eigenvalue weighted by Crippen LogP contribution is 2.56. The van der Waals surface area contributed by atoms with Crippen molar-refractivity contribution in [2.45, 2.75) is 62.9 Å². The summed E-state index contributed by atoms with van der Waals surface area (Å²) in [4.78, 5) is 4.20. The highest BCUT2D eigenvalue weighted by atomic mass is 16.5. The van der Waals surface area contributed by atoms with Crippen LogP contribution in [0.4, 0.5) is 0 Å². The molecule has 4 aromatic rings. The number of fused-ring (bicyclic) bond motifs is 8. The molecule has 0 saturated carbocycles. The molecule has 4 N–H and O–H groups in total. The number of aliphatic hydroxyl groups excluding tert-OH is 2. The molecule has 1 aliphatic carbocycles. The van der Waals surface area contributed by atoms with Crippen molar-refractivity contribution in [2.24, 2.45) is 0 Å². The fourth-order valence-electron chi connectivity index (χ4n) is 6.92. The number of rotatable bonds is 6. The van der Waals surface area contributed by atoms with Gasteiger partial charge in [-0.25, -0.2) is 4.98 Å². The van der Waals surface area contributed by atoms with E-state index in [2.05, 4.69) is 9.55 Å². The van der Waals surface area contributed by atoms with Gasteiger partial charge in [-0.15, -0.1) is 0 Å². The van der Waals surface area contributed by atoms with Gasteiger partial charge in [0.2, 0.25) is 0 Å². The summed E-state index contributed by atoms with van der Waals surface area (Å²) in [5.74, 6) is 2.07. The second-order valence-electron chi connectivity index (χ2n) is 11.4. The summed E-state index contributed by atoms with van der Waals surface area (Å²) in [5.41, 5.74) is 6.74. The first-order valence-corrected chi connectivity index (χ1v) is 14.4. The Hall–Kier alpha value is -4.21. The minimum absolute atomic E-state index is 0.0206. The number of imidazole rings is 1. The van der Waals surface area contributed by atoms with Crippen LogP contribution in [0.2, 0.25) is 0 Å². The van der Waals surface area contributed by atoms with Gasteiger partial charge in [0.15, 0.2) is 11.5 Å². The van der Waals surface area contributed by atoms with Gasteiger partial charge in [0, 0.05) is 42.0 Å². The number of benzene rings is 3. The number of aromatic nitrogens is 2. The summed E-state index contributed by atoms with van der Waals surface area (Å²) in [6.07, 6.45) is 6.91. The van der Waals surface area contributed by atoms with E-state index in [0.29, 0.717) is 36.3 Å². The van der Waals surface area contributed by atoms with Gasteiger partial charge in [0.05, 0.1) is 26.1 Å². The van der Waals surface area contributed by atoms with Gasteiger partial charge >= 0.3 is 0 Å². The molecule has 3 aromatic carbocycles. The van der Waals surface area contributed by atoms with Gasteiger partial charge in [0.25, 0.3) is 0 Å². The molecule has 42 heavy (non-hydrogen) atoms. The predicted molar refractivity (Wildman–Crippen MR) is 154 cm³/mol. The number of methoxy groups -OCH3 is 1. The number of aromatic hydroxyl groups is 2. The Labute approximate surface area is 243 Å². The van der Waals surface area contributed by atoms with Gasteiger partial charge < -0.3 is 39.2 Å². The number of nitrogens with zero attached hydrogens (tertiary/aromatic N) is 2. The minimum Gasteiger partial charge on any atom is -0.508 e. The van der Waals surface area contributed by atoms with Gasteiger partial charge in [-0.3, -0.25) is 0 Å². The molecular weight excluding hydrogens is 536 g/mol. The Morgan fingerprint density at radius 3 is 2.71 bits per heavy atom. The van der Waals surface area contributed by atoms with Crippen molar-refractivity contribution < 1.29 is 34.6 Å². The molecule has 2 aliphatic heterocycles. The van der Waals surface area contributed by atoms with Crippen molar-refractivity contribution in [2.75, 3.05) is 13.7 Å². The largest absolute Gasteiger partial charge is 0.508 e. The molecule has 0 amide bonds. The van der Waals surface area contributed by atoms with Crippen LogP contribution in [0.25, 0.3) is 11.1 Å². The summed E-state index contributed by atoms with van der Waals surface area (Å²) < 4.78 is 20.6. The van der Waals surface area contributed by atoms with E-state index in [1.165, 1.54) is 7.11 Å². The lowest BCUT2D eigenvalue weighted by Crippen LogP contribution is -2.35. The number of aryl methyl sites for hydroxylation is 1. The van der Waals surface area contributed by atoms with E-state index in [1.54, 1.807) is 30.5 Å². The lowest BCUT2D eigenvalue weighted by Gasteiger charge is -2.41. The number of hydrogen-bond acceptors (Lipinski definition) is 8. The second kappa shape index (κ2) is 10.6. The molecule has 0 radical (unpaired) electrons. The van der Waals surface area contributed by atoms with Crippen LogP contribution < -0.4 is 14.2 Å². The Kier molecular flexibility index (Phi) is 6.71. The highest BCUT2D eigenvalue weighted by molar-refractivity contribution is 5.85. The van der Waals surface area contributed by atoms with E-state index in [-0.39, 0.29) is 30.1 Å². The topological polar surface area (TPSA) is 126 Å². The molecule has 3 aliphatic rings. The zero-order chi connectivity index (χ0) is 29.0. The van der Waals surface area contributed by atoms with Gasteiger partial charge in [-0.1, -0.05) is 12.1 Å². The van der Waals surface area contributed by atoms with Crippen LogP contribution in [0.15, 0.2) is 55.1 Å². The SMILES string of the molecule is COc1cc([C@H]2Oc3c4c(c5c(c3C[C@H]2O)[C@@H](CCn2ccnc2)Cc2cc(O)ccc2-5)O[C@@H](CO)CC4)ccc1O. The van der Waals surface area contributed by atoms with Crippen LogP contribution in [-0.2, 0) is 25.8 Å². The Morgan fingerprint density at radius 1 is 1.05 bits per heavy atom. The number of hydrogen-bond donors (Lipinski definition) is 4. The van der Waals surface area contributed by atoms with E-state index in [4.69, 9.17) is 14.2 Å².